The quantitative estimate of drug-likeness (QED) is 0.547. The number of carbonyl (C=O) groups excluding carboxylic acids is 1. The summed E-state index contributed by atoms with van der Waals surface area (Å²) in [4.78, 5) is 28.7. The Hall–Kier alpha value is -3.17. The molecule has 25 heavy (non-hydrogen) atoms. The zero-order valence-electron chi connectivity index (χ0n) is 14.3. The summed E-state index contributed by atoms with van der Waals surface area (Å²) in [6.07, 6.45) is 0.600. The summed E-state index contributed by atoms with van der Waals surface area (Å²) in [6, 6.07) is 2.43. The molecule has 2 rings (SSSR count). The van der Waals surface area contributed by atoms with E-state index in [2.05, 4.69) is 10.1 Å². The molecule has 0 spiro atoms. The van der Waals surface area contributed by atoms with Crippen LogP contribution in [0, 0.1) is 10.1 Å². The van der Waals surface area contributed by atoms with Crippen molar-refractivity contribution in [3.05, 3.63) is 39.5 Å². The van der Waals surface area contributed by atoms with E-state index in [1.165, 1.54) is 32.2 Å². The van der Waals surface area contributed by atoms with E-state index in [-0.39, 0.29) is 35.2 Å². The summed E-state index contributed by atoms with van der Waals surface area (Å²) in [6.45, 7) is 1.90. The molecule has 10 heteroatoms. The monoisotopic (exact) mass is 350 g/mol. The van der Waals surface area contributed by atoms with E-state index >= 15 is 0 Å². The van der Waals surface area contributed by atoms with Gasteiger partial charge in [0, 0.05) is 19.5 Å². The van der Waals surface area contributed by atoms with Crippen LogP contribution in [-0.2, 0) is 13.0 Å². The molecule has 0 radical (unpaired) electrons. The highest BCUT2D eigenvalue weighted by Gasteiger charge is 2.27. The summed E-state index contributed by atoms with van der Waals surface area (Å²) in [7, 11) is 4.22. The van der Waals surface area contributed by atoms with E-state index in [0.29, 0.717) is 12.2 Å². The number of ether oxygens (including phenoxy) is 2. The molecule has 0 aliphatic rings. The number of nitro groups is 1. The second kappa shape index (κ2) is 7.60. The average molecular weight is 350 g/mol. The van der Waals surface area contributed by atoms with Crippen LogP contribution in [0.1, 0.15) is 29.0 Å². The van der Waals surface area contributed by atoms with Crippen molar-refractivity contribution in [1.29, 1.82) is 0 Å². The molecule has 1 heterocycles. The highest BCUT2D eigenvalue weighted by molar-refractivity contribution is 5.98. The Labute approximate surface area is 143 Å². The van der Waals surface area contributed by atoms with Crippen LogP contribution < -0.4 is 9.47 Å². The number of hydrogen-bond donors (Lipinski definition) is 0. The predicted octanol–water partition coefficient (Wildman–Crippen LogP) is 1.83. The standard InChI is InChI=1S/C15H18N4O6/c1-5-13-16-14(25-17-13)8-18(2)15(20)9-6-11(23-3)12(24-4)7-10(9)19(21)22/h6-7H,5,8H2,1-4H3. The summed E-state index contributed by atoms with van der Waals surface area (Å²) in [5, 5.41) is 15.1. The van der Waals surface area contributed by atoms with Crippen molar-refractivity contribution < 1.29 is 23.7 Å². The van der Waals surface area contributed by atoms with Gasteiger partial charge in [0.15, 0.2) is 17.3 Å². The molecule has 1 amide bonds. The first-order valence-corrected chi connectivity index (χ1v) is 7.38. The van der Waals surface area contributed by atoms with Gasteiger partial charge >= 0.3 is 0 Å². The molecule has 0 unspecified atom stereocenters. The first kappa shape index (κ1) is 18.2. The fourth-order valence-electron chi connectivity index (χ4n) is 2.17. The second-order valence-corrected chi connectivity index (χ2v) is 5.10. The molecule has 1 aromatic heterocycles. The summed E-state index contributed by atoms with van der Waals surface area (Å²) in [5.74, 6) is 0.571. The molecule has 0 saturated carbocycles. The maximum atomic E-state index is 12.7. The number of aromatic nitrogens is 2. The van der Waals surface area contributed by atoms with E-state index < -0.39 is 10.8 Å². The first-order chi connectivity index (χ1) is 11.9. The Morgan fingerprint density at radius 1 is 1.32 bits per heavy atom. The van der Waals surface area contributed by atoms with Crippen LogP contribution >= 0.6 is 0 Å². The number of carbonyl (C=O) groups is 1. The Balaban J connectivity index is 2.34. The van der Waals surface area contributed by atoms with Crippen molar-refractivity contribution in [2.75, 3.05) is 21.3 Å². The predicted molar refractivity (Wildman–Crippen MR) is 85.7 cm³/mol. The Morgan fingerprint density at radius 2 is 1.96 bits per heavy atom. The van der Waals surface area contributed by atoms with Gasteiger partial charge in [-0.2, -0.15) is 4.98 Å². The smallest absolute Gasteiger partial charge is 0.286 e. The lowest BCUT2D eigenvalue weighted by atomic mass is 10.1. The van der Waals surface area contributed by atoms with Crippen molar-refractivity contribution in [2.24, 2.45) is 0 Å². The van der Waals surface area contributed by atoms with Crippen LogP contribution in [0.15, 0.2) is 16.7 Å². The summed E-state index contributed by atoms with van der Waals surface area (Å²) < 4.78 is 15.2. The van der Waals surface area contributed by atoms with Crippen LogP contribution in [0.4, 0.5) is 5.69 Å². The minimum absolute atomic E-state index is 0.0251. The zero-order valence-corrected chi connectivity index (χ0v) is 14.3. The fourth-order valence-corrected chi connectivity index (χ4v) is 2.17. The van der Waals surface area contributed by atoms with Gasteiger partial charge in [-0.05, 0) is 0 Å². The third kappa shape index (κ3) is 3.84. The van der Waals surface area contributed by atoms with Crippen LogP contribution in [-0.4, -0.2) is 47.1 Å². The van der Waals surface area contributed by atoms with Gasteiger partial charge in [-0.15, -0.1) is 0 Å². The molecule has 0 atom stereocenters. The lowest BCUT2D eigenvalue weighted by molar-refractivity contribution is -0.385. The number of aryl methyl sites for hydroxylation is 1. The Kier molecular flexibility index (Phi) is 5.52. The highest BCUT2D eigenvalue weighted by atomic mass is 16.6. The van der Waals surface area contributed by atoms with Gasteiger partial charge in [0.05, 0.1) is 31.8 Å². The molecular formula is C15H18N4O6. The number of rotatable bonds is 7. The molecule has 0 aliphatic carbocycles. The lowest BCUT2D eigenvalue weighted by Crippen LogP contribution is -2.27. The molecular weight excluding hydrogens is 332 g/mol. The topological polar surface area (TPSA) is 121 Å². The molecule has 0 aliphatic heterocycles. The molecule has 1 aromatic carbocycles. The third-order valence-electron chi connectivity index (χ3n) is 3.47. The van der Waals surface area contributed by atoms with Crippen molar-refractivity contribution >= 4 is 11.6 Å². The van der Waals surface area contributed by atoms with E-state index in [0.717, 1.165) is 6.07 Å². The van der Waals surface area contributed by atoms with Crippen molar-refractivity contribution in [1.82, 2.24) is 15.0 Å². The van der Waals surface area contributed by atoms with Crippen molar-refractivity contribution in [2.45, 2.75) is 19.9 Å². The largest absolute Gasteiger partial charge is 0.493 e. The minimum atomic E-state index is -0.648. The van der Waals surface area contributed by atoms with Crippen LogP contribution in [0.2, 0.25) is 0 Å². The molecule has 0 N–H and O–H groups in total. The summed E-state index contributed by atoms with van der Waals surface area (Å²) >= 11 is 0. The van der Waals surface area contributed by atoms with Gasteiger partial charge in [-0.1, -0.05) is 12.1 Å². The molecule has 0 fully saturated rings. The Morgan fingerprint density at radius 3 is 2.48 bits per heavy atom. The number of benzene rings is 1. The Bertz CT molecular complexity index is 788. The van der Waals surface area contributed by atoms with E-state index in [1.807, 2.05) is 6.92 Å². The SMILES string of the molecule is CCc1noc(CN(C)C(=O)c2cc(OC)c(OC)cc2[N+](=O)[O-])n1. The van der Waals surface area contributed by atoms with Gasteiger partial charge in [0.1, 0.15) is 5.56 Å². The van der Waals surface area contributed by atoms with Crippen molar-refractivity contribution in [3.8, 4) is 11.5 Å². The fraction of sp³-hybridized carbons (Fsp3) is 0.400. The van der Waals surface area contributed by atoms with Crippen molar-refractivity contribution in [3.63, 3.8) is 0 Å². The summed E-state index contributed by atoms with van der Waals surface area (Å²) in [5.41, 5.74) is -0.505. The highest BCUT2D eigenvalue weighted by Crippen LogP contribution is 2.35. The molecule has 0 bridgehead atoms. The van der Waals surface area contributed by atoms with Gasteiger partial charge in [-0.25, -0.2) is 0 Å². The van der Waals surface area contributed by atoms with E-state index in [9.17, 15) is 14.9 Å². The lowest BCUT2D eigenvalue weighted by Gasteiger charge is -2.16. The molecule has 10 nitrogen and oxygen atoms in total. The first-order valence-electron chi connectivity index (χ1n) is 7.38. The molecule has 134 valence electrons. The maximum absolute atomic E-state index is 12.7. The molecule has 2 aromatic rings. The maximum Gasteiger partial charge on any atom is 0.286 e. The third-order valence-corrected chi connectivity index (χ3v) is 3.47. The normalized spacial score (nSPS) is 10.4. The van der Waals surface area contributed by atoms with Gasteiger partial charge in [0.2, 0.25) is 5.89 Å². The second-order valence-electron chi connectivity index (χ2n) is 5.10. The minimum Gasteiger partial charge on any atom is -0.493 e. The van der Waals surface area contributed by atoms with Crippen LogP contribution in [0.25, 0.3) is 0 Å². The number of nitrogens with zero attached hydrogens (tertiary/aromatic N) is 4. The number of amides is 1. The van der Waals surface area contributed by atoms with E-state index in [1.54, 1.807) is 0 Å². The average Bonchev–Trinajstić information content (AvgIpc) is 3.07. The van der Waals surface area contributed by atoms with E-state index in [4.69, 9.17) is 14.0 Å². The number of methoxy groups -OCH3 is 2. The number of nitro benzene ring substituents is 1. The van der Waals surface area contributed by atoms with Gasteiger partial charge in [0.25, 0.3) is 11.6 Å². The molecule has 0 saturated heterocycles. The van der Waals surface area contributed by atoms with Crippen LogP contribution in [0.3, 0.4) is 0 Å². The number of hydrogen-bond acceptors (Lipinski definition) is 8. The van der Waals surface area contributed by atoms with Gasteiger partial charge in [-0.3, -0.25) is 14.9 Å². The van der Waals surface area contributed by atoms with Crippen LogP contribution in [0.5, 0.6) is 11.5 Å². The zero-order chi connectivity index (χ0) is 18.6. The van der Waals surface area contributed by atoms with Gasteiger partial charge < -0.3 is 18.9 Å².